The van der Waals surface area contributed by atoms with Crippen LogP contribution in [-0.2, 0) is 6.54 Å². The monoisotopic (exact) mass is 281 g/mol. The van der Waals surface area contributed by atoms with Crippen LogP contribution in [0.4, 0.5) is 0 Å². The number of aliphatic hydroxyl groups is 1. The van der Waals surface area contributed by atoms with Gasteiger partial charge in [-0.2, -0.15) is 11.8 Å². The maximum atomic E-state index is 12.2. The molecular formula is C15H23NO2S. The van der Waals surface area contributed by atoms with Crippen molar-refractivity contribution in [1.82, 2.24) is 4.57 Å². The van der Waals surface area contributed by atoms with Gasteiger partial charge in [0.25, 0.3) is 0 Å². The molecule has 106 valence electrons. The topological polar surface area (TPSA) is 42.2 Å². The van der Waals surface area contributed by atoms with E-state index in [0.717, 1.165) is 29.2 Å². The molecule has 0 radical (unpaired) electrons. The number of Topliss-reactive ketones (excluding diaryl/α,β-unsaturated/α-hetero) is 1. The van der Waals surface area contributed by atoms with E-state index in [0.29, 0.717) is 5.75 Å². The van der Waals surface area contributed by atoms with Gasteiger partial charge in [-0.15, -0.1) is 6.58 Å². The van der Waals surface area contributed by atoms with Crippen molar-refractivity contribution in [3.63, 3.8) is 0 Å². The van der Waals surface area contributed by atoms with Crippen molar-refractivity contribution >= 4 is 17.5 Å². The standard InChI is InChI=1S/C15H23NO2S/c1-5-6-16-12(3)7-14(13(16)4)15(18)10-19-9-11(2)8-17/h5,7,11,17H,1,6,8-10H2,2-4H3. The van der Waals surface area contributed by atoms with Crippen LogP contribution in [-0.4, -0.2) is 33.6 Å². The molecule has 4 heteroatoms. The van der Waals surface area contributed by atoms with Gasteiger partial charge in [0.2, 0.25) is 0 Å². The van der Waals surface area contributed by atoms with Crippen LogP contribution in [0.15, 0.2) is 18.7 Å². The lowest BCUT2D eigenvalue weighted by molar-refractivity contribution is 0.102. The quantitative estimate of drug-likeness (QED) is 0.588. The Hall–Kier alpha value is -1.00. The molecule has 1 aromatic rings. The normalized spacial score (nSPS) is 12.4. The Morgan fingerprint density at radius 2 is 2.26 bits per heavy atom. The van der Waals surface area contributed by atoms with E-state index >= 15 is 0 Å². The lowest BCUT2D eigenvalue weighted by Gasteiger charge is -2.07. The Morgan fingerprint density at radius 1 is 1.58 bits per heavy atom. The number of thioether (sulfide) groups is 1. The van der Waals surface area contributed by atoms with Gasteiger partial charge in [0.05, 0.1) is 5.75 Å². The molecule has 0 aliphatic carbocycles. The number of hydrogen-bond acceptors (Lipinski definition) is 3. The molecule has 0 saturated heterocycles. The molecule has 0 aliphatic rings. The second-order valence-electron chi connectivity index (χ2n) is 4.91. The molecule has 3 nitrogen and oxygen atoms in total. The Labute approximate surface area is 119 Å². The summed E-state index contributed by atoms with van der Waals surface area (Å²) in [7, 11) is 0. The van der Waals surface area contributed by atoms with Crippen molar-refractivity contribution in [2.45, 2.75) is 27.3 Å². The summed E-state index contributed by atoms with van der Waals surface area (Å²) < 4.78 is 2.10. The number of aromatic nitrogens is 1. The highest BCUT2D eigenvalue weighted by Gasteiger charge is 2.15. The predicted octanol–water partition coefficient (Wildman–Crippen LogP) is 2.84. The molecule has 0 fully saturated rings. The van der Waals surface area contributed by atoms with E-state index in [-0.39, 0.29) is 18.3 Å². The van der Waals surface area contributed by atoms with Gasteiger partial charge < -0.3 is 9.67 Å². The highest BCUT2D eigenvalue weighted by molar-refractivity contribution is 7.99. The van der Waals surface area contributed by atoms with Crippen LogP contribution in [0, 0.1) is 19.8 Å². The Kier molecular flexibility index (Phi) is 6.38. The Bertz CT molecular complexity index is 451. The van der Waals surface area contributed by atoms with Crippen molar-refractivity contribution in [3.05, 3.63) is 35.7 Å². The van der Waals surface area contributed by atoms with Crippen molar-refractivity contribution < 1.29 is 9.90 Å². The van der Waals surface area contributed by atoms with Gasteiger partial charge in [0.15, 0.2) is 5.78 Å². The zero-order valence-corrected chi connectivity index (χ0v) is 12.8. The van der Waals surface area contributed by atoms with Crippen molar-refractivity contribution in [2.24, 2.45) is 5.92 Å². The first kappa shape index (κ1) is 16.1. The molecule has 0 saturated carbocycles. The Balaban J connectivity index is 2.67. The molecule has 1 rings (SSSR count). The molecule has 0 spiro atoms. The smallest absolute Gasteiger partial charge is 0.174 e. The number of carbonyl (C=O) groups excluding carboxylic acids is 1. The summed E-state index contributed by atoms with van der Waals surface area (Å²) in [5, 5.41) is 8.95. The van der Waals surface area contributed by atoms with Crippen LogP contribution in [0.3, 0.4) is 0 Å². The molecule has 0 bridgehead atoms. The van der Waals surface area contributed by atoms with Gasteiger partial charge in [-0.25, -0.2) is 0 Å². The van der Waals surface area contributed by atoms with Crippen LogP contribution in [0.5, 0.6) is 0 Å². The first-order valence-electron chi connectivity index (χ1n) is 6.50. The van der Waals surface area contributed by atoms with Crippen LogP contribution in [0.25, 0.3) is 0 Å². The van der Waals surface area contributed by atoms with Gasteiger partial charge in [0.1, 0.15) is 0 Å². The summed E-state index contributed by atoms with van der Waals surface area (Å²) in [4.78, 5) is 12.2. The van der Waals surface area contributed by atoms with Gasteiger partial charge in [-0.1, -0.05) is 13.0 Å². The molecule has 19 heavy (non-hydrogen) atoms. The summed E-state index contributed by atoms with van der Waals surface area (Å²) >= 11 is 1.59. The maximum Gasteiger partial charge on any atom is 0.174 e. The number of nitrogens with zero attached hydrogens (tertiary/aromatic N) is 1. The largest absolute Gasteiger partial charge is 0.396 e. The number of aliphatic hydroxyl groups excluding tert-OH is 1. The summed E-state index contributed by atoms with van der Waals surface area (Å²) in [5.41, 5.74) is 2.91. The molecule has 0 aliphatic heterocycles. The van der Waals surface area contributed by atoms with Gasteiger partial charge in [-0.3, -0.25) is 4.79 Å². The number of allylic oxidation sites excluding steroid dienone is 1. The highest BCUT2D eigenvalue weighted by Crippen LogP contribution is 2.18. The Morgan fingerprint density at radius 3 is 2.84 bits per heavy atom. The maximum absolute atomic E-state index is 12.2. The van der Waals surface area contributed by atoms with Gasteiger partial charge in [-0.05, 0) is 31.6 Å². The molecule has 1 unspecified atom stereocenters. The van der Waals surface area contributed by atoms with Crippen LogP contribution in [0.2, 0.25) is 0 Å². The first-order chi connectivity index (χ1) is 9.01. The van der Waals surface area contributed by atoms with Crippen molar-refractivity contribution in [1.29, 1.82) is 0 Å². The second kappa shape index (κ2) is 7.56. The zero-order valence-electron chi connectivity index (χ0n) is 12.0. The third-order valence-corrected chi connectivity index (χ3v) is 4.40. The first-order valence-corrected chi connectivity index (χ1v) is 7.66. The van der Waals surface area contributed by atoms with Crippen LogP contribution in [0.1, 0.15) is 28.7 Å². The third kappa shape index (κ3) is 4.25. The summed E-state index contributed by atoms with van der Waals surface area (Å²) in [6.07, 6.45) is 1.84. The van der Waals surface area contributed by atoms with Gasteiger partial charge >= 0.3 is 0 Å². The number of hydrogen-bond donors (Lipinski definition) is 1. The minimum Gasteiger partial charge on any atom is -0.396 e. The molecule has 1 heterocycles. The fraction of sp³-hybridized carbons (Fsp3) is 0.533. The van der Waals surface area contributed by atoms with Gasteiger partial charge in [0, 0.05) is 30.1 Å². The van der Waals surface area contributed by atoms with E-state index in [1.165, 1.54) is 0 Å². The lowest BCUT2D eigenvalue weighted by Crippen LogP contribution is -2.09. The predicted molar refractivity (Wildman–Crippen MR) is 82.0 cm³/mol. The summed E-state index contributed by atoms with van der Waals surface area (Å²) in [6, 6.07) is 1.96. The van der Waals surface area contributed by atoms with Crippen LogP contribution >= 0.6 is 11.8 Å². The number of aryl methyl sites for hydroxylation is 1. The SMILES string of the molecule is C=CCn1c(C)cc(C(=O)CSCC(C)CO)c1C. The number of carbonyl (C=O) groups is 1. The summed E-state index contributed by atoms with van der Waals surface area (Å²) in [5.74, 6) is 1.70. The second-order valence-corrected chi connectivity index (χ2v) is 5.94. The van der Waals surface area contributed by atoms with Crippen molar-refractivity contribution in [2.75, 3.05) is 18.1 Å². The minimum atomic E-state index is 0.165. The fourth-order valence-electron chi connectivity index (χ4n) is 1.98. The molecule has 1 atom stereocenters. The van der Waals surface area contributed by atoms with E-state index in [4.69, 9.17) is 5.11 Å². The average Bonchev–Trinajstić information content (AvgIpc) is 2.67. The highest BCUT2D eigenvalue weighted by atomic mass is 32.2. The van der Waals surface area contributed by atoms with E-state index in [2.05, 4.69) is 11.1 Å². The molecule has 1 N–H and O–H groups in total. The zero-order chi connectivity index (χ0) is 14.4. The molecule has 1 aromatic heterocycles. The van der Waals surface area contributed by atoms with E-state index < -0.39 is 0 Å². The number of rotatable bonds is 8. The molecule has 0 aromatic carbocycles. The van der Waals surface area contributed by atoms with Crippen LogP contribution < -0.4 is 0 Å². The molecule has 0 amide bonds. The number of ketones is 1. The summed E-state index contributed by atoms with van der Waals surface area (Å²) in [6.45, 7) is 10.6. The molecular weight excluding hydrogens is 258 g/mol. The fourth-order valence-corrected chi connectivity index (χ4v) is 2.94. The average molecular weight is 281 g/mol. The lowest BCUT2D eigenvalue weighted by atomic mass is 10.2. The van der Waals surface area contributed by atoms with E-state index in [1.54, 1.807) is 11.8 Å². The van der Waals surface area contributed by atoms with E-state index in [1.807, 2.05) is 32.9 Å². The minimum absolute atomic E-state index is 0.165. The van der Waals surface area contributed by atoms with E-state index in [9.17, 15) is 4.79 Å². The third-order valence-electron chi connectivity index (χ3n) is 3.13. The van der Waals surface area contributed by atoms with Crippen molar-refractivity contribution in [3.8, 4) is 0 Å².